The largest absolute Gasteiger partial charge is 0.360 e. The molecule has 0 unspecified atom stereocenters. The summed E-state index contributed by atoms with van der Waals surface area (Å²) in [6, 6.07) is 5.74. The first-order valence-corrected chi connectivity index (χ1v) is 7.87. The molecule has 1 heterocycles. The topological polar surface area (TPSA) is 75.4 Å². The highest BCUT2D eigenvalue weighted by Gasteiger charge is 2.17. The van der Waals surface area contributed by atoms with Crippen LogP contribution in [0.5, 0.6) is 0 Å². The summed E-state index contributed by atoms with van der Waals surface area (Å²) in [7, 11) is 0. The number of nitrogens with zero attached hydrogens (tertiary/aromatic N) is 2. The molecule has 0 radical (unpaired) electrons. The molecule has 6 nitrogen and oxygen atoms in total. The molecule has 0 atom stereocenters. The Morgan fingerprint density at radius 2 is 1.75 bits per heavy atom. The van der Waals surface area contributed by atoms with Gasteiger partial charge in [0.1, 0.15) is 5.76 Å². The molecule has 0 aliphatic rings. The van der Waals surface area contributed by atoms with Gasteiger partial charge in [-0.3, -0.25) is 14.5 Å². The van der Waals surface area contributed by atoms with Gasteiger partial charge in [0, 0.05) is 31.6 Å². The lowest BCUT2D eigenvalue weighted by molar-refractivity contribution is -0.117. The molecule has 1 N–H and O–H groups in total. The van der Waals surface area contributed by atoms with Crippen LogP contribution in [0, 0.1) is 27.7 Å². The number of rotatable bonds is 5. The summed E-state index contributed by atoms with van der Waals surface area (Å²) >= 11 is 0. The van der Waals surface area contributed by atoms with Crippen molar-refractivity contribution in [3.63, 3.8) is 0 Å². The SMILES string of the molecule is CC(=O)N(CCC(=O)Nc1c(C)cc(C)cc1C)c1cc(C)on1. The minimum atomic E-state index is -0.182. The van der Waals surface area contributed by atoms with Gasteiger partial charge in [-0.05, 0) is 38.8 Å². The maximum Gasteiger partial charge on any atom is 0.226 e. The van der Waals surface area contributed by atoms with E-state index in [9.17, 15) is 9.59 Å². The first kappa shape index (κ1) is 17.7. The molecule has 0 saturated carbocycles. The van der Waals surface area contributed by atoms with Crippen molar-refractivity contribution in [1.82, 2.24) is 5.16 Å². The molecule has 0 aliphatic carbocycles. The van der Waals surface area contributed by atoms with Gasteiger partial charge in [0.05, 0.1) is 0 Å². The number of anilines is 2. The highest BCUT2D eigenvalue weighted by atomic mass is 16.5. The Balaban J connectivity index is 2.03. The molecule has 6 heteroatoms. The van der Waals surface area contributed by atoms with Gasteiger partial charge in [-0.1, -0.05) is 22.9 Å². The zero-order chi connectivity index (χ0) is 17.9. The summed E-state index contributed by atoms with van der Waals surface area (Å²) in [5.74, 6) is 0.720. The summed E-state index contributed by atoms with van der Waals surface area (Å²) in [5, 5.41) is 6.77. The second-order valence-corrected chi connectivity index (χ2v) is 6.04. The molecule has 0 saturated heterocycles. The van der Waals surface area contributed by atoms with E-state index in [1.807, 2.05) is 32.9 Å². The molecule has 24 heavy (non-hydrogen) atoms. The van der Waals surface area contributed by atoms with E-state index in [0.29, 0.717) is 11.6 Å². The zero-order valence-electron chi connectivity index (χ0n) is 14.8. The average molecular weight is 329 g/mol. The number of hydrogen-bond donors (Lipinski definition) is 1. The third-order valence-electron chi connectivity index (χ3n) is 3.78. The van der Waals surface area contributed by atoms with Gasteiger partial charge in [0.2, 0.25) is 11.8 Å². The predicted octanol–water partition coefficient (Wildman–Crippen LogP) is 3.29. The first-order valence-electron chi connectivity index (χ1n) is 7.87. The Kier molecular flexibility index (Phi) is 5.39. The van der Waals surface area contributed by atoms with Crippen molar-refractivity contribution < 1.29 is 14.1 Å². The van der Waals surface area contributed by atoms with Gasteiger partial charge in [-0.15, -0.1) is 0 Å². The maximum atomic E-state index is 12.3. The third-order valence-corrected chi connectivity index (χ3v) is 3.78. The fourth-order valence-corrected chi connectivity index (χ4v) is 2.71. The van der Waals surface area contributed by atoms with E-state index in [0.717, 1.165) is 22.4 Å². The number of nitrogens with one attached hydrogen (secondary N) is 1. The highest BCUT2D eigenvalue weighted by molar-refractivity contribution is 5.95. The van der Waals surface area contributed by atoms with Crippen molar-refractivity contribution >= 4 is 23.3 Å². The molecule has 1 aromatic carbocycles. The number of amides is 2. The van der Waals surface area contributed by atoms with Crippen LogP contribution in [0.2, 0.25) is 0 Å². The minimum absolute atomic E-state index is 0.142. The molecular formula is C18H23N3O3. The summed E-state index contributed by atoms with van der Waals surface area (Å²) in [6.45, 7) is 9.40. The minimum Gasteiger partial charge on any atom is -0.360 e. The van der Waals surface area contributed by atoms with Crippen LogP contribution in [-0.2, 0) is 9.59 Å². The number of aromatic nitrogens is 1. The third kappa shape index (κ3) is 4.22. The quantitative estimate of drug-likeness (QED) is 0.913. The Hall–Kier alpha value is -2.63. The van der Waals surface area contributed by atoms with Crippen LogP contribution in [0.25, 0.3) is 0 Å². The van der Waals surface area contributed by atoms with Crippen LogP contribution < -0.4 is 10.2 Å². The number of carbonyl (C=O) groups is 2. The summed E-state index contributed by atoms with van der Waals surface area (Å²) in [5.41, 5.74) is 4.04. The molecule has 2 aromatic rings. The summed E-state index contributed by atoms with van der Waals surface area (Å²) in [6.07, 6.45) is 0.179. The van der Waals surface area contributed by atoms with E-state index in [1.54, 1.807) is 13.0 Å². The Morgan fingerprint density at radius 3 is 2.25 bits per heavy atom. The van der Waals surface area contributed by atoms with Gasteiger partial charge >= 0.3 is 0 Å². The monoisotopic (exact) mass is 329 g/mol. The van der Waals surface area contributed by atoms with Crippen LogP contribution in [0.1, 0.15) is 35.8 Å². The van der Waals surface area contributed by atoms with Crippen molar-refractivity contribution in [2.24, 2.45) is 0 Å². The fourth-order valence-electron chi connectivity index (χ4n) is 2.71. The van der Waals surface area contributed by atoms with Crippen molar-refractivity contribution in [2.75, 3.05) is 16.8 Å². The molecular weight excluding hydrogens is 306 g/mol. The molecule has 2 amide bonds. The normalized spacial score (nSPS) is 10.5. The number of hydrogen-bond acceptors (Lipinski definition) is 4. The van der Waals surface area contributed by atoms with Gasteiger partial charge in [-0.25, -0.2) is 0 Å². The molecule has 0 bridgehead atoms. The summed E-state index contributed by atoms with van der Waals surface area (Å²) < 4.78 is 5.00. The Morgan fingerprint density at radius 1 is 1.12 bits per heavy atom. The van der Waals surface area contributed by atoms with Crippen LogP contribution in [-0.4, -0.2) is 23.5 Å². The average Bonchev–Trinajstić information content (AvgIpc) is 2.89. The molecule has 2 rings (SSSR count). The van der Waals surface area contributed by atoms with Crippen LogP contribution in [0.3, 0.4) is 0 Å². The van der Waals surface area contributed by atoms with Crippen molar-refractivity contribution in [2.45, 2.75) is 41.0 Å². The van der Waals surface area contributed by atoms with E-state index in [2.05, 4.69) is 10.5 Å². The van der Waals surface area contributed by atoms with Gasteiger partial charge < -0.3 is 9.84 Å². The highest BCUT2D eigenvalue weighted by Crippen LogP contribution is 2.22. The van der Waals surface area contributed by atoms with Crippen molar-refractivity contribution in [3.8, 4) is 0 Å². The fraction of sp³-hybridized carbons (Fsp3) is 0.389. The van der Waals surface area contributed by atoms with E-state index >= 15 is 0 Å². The number of carbonyl (C=O) groups excluding carboxylic acids is 2. The second kappa shape index (κ2) is 7.29. The van der Waals surface area contributed by atoms with E-state index in [1.165, 1.54) is 11.8 Å². The lowest BCUT2D eigenvalue weighted by atomic mass is 10.1. The van der Waals surface area contributed by atoms with Gasteiger partial charge in [-0.2, -0.15) is 0 Å². The molecule has 0 fully saturated rings. The number of benzene rings is 1. The van der Waals surface area contributed by atoms with Crippen LogP contribution >= 0.6 is 0 Å². The molecule has 0 aliphatic heterocycles. The number of aryl methyl sites for hydroxylation is 4. The van der Waals surface area contributed by atoms with Crippen molar-refractivity contribution in [3.05, 3.63) is 40.6 Å². The lowest BCUT2D eigenvalue weighted by Gasteiger charge is -2.18. The summed E-state index contributed by atoms with van der Waals surface area (Å²) in [4.78, 5) is 25.5. The van der Waals surface area contributed by atoms with Gasteiger partial charge in [0.25, 0.3) is 0 Å². The smallest absolute Gasteiger partial charge is 0.226 e. The van der Waals surface area contributed by atoms with Crippen LogP contribution in [0.4, 0.5) is 11.5 Å². The molecule has 0 spiro atoms. The lowest BCUT2D eigenvalue weighted by Crippen LogP contribution is -2.32. The first-order chi connectivity index (χ1) is 11.3. The maximum absolute atomic E-state index is 12.3. The van der Waals surface area contributed by atoms with E-state index < -0.39 is 0 Å². The Labute approximate surface area is 141 Å². The standard InChI is InChI=1S/C18H23N3O3/c1-11-8-12(2)18(13(3)9-11)19-17(23)6-7-21(15(5)22)16-10-14(4)24-20-16/h8-10H,6-7H2,1-5H3,(H,19,23). The van der Waals surface area contributed by atoms with Gasteiger partial charge in [0.15, 0.2) is 5.82 Å². The van der Waals surface area contributed by atoms with Crippen LogP contribution in [0.15, 0.2) is 22.7 Å². The van der Waals surface area contributed by atoms with E-state index in [4.69, 9.17) is 4.52 Å². The Bertz CT molecular complexity index is 742. The zero-order valence-corrected chi connectivity index (χ0v) is 14.8. The predicted molar refractivity (Wildman–Crippen MR) is 93.2 cm³/mol. The van der Waals surface area contributed by atoms with E-state index in [-0.39, 0.29) is 24.8 Å². The molecule has 1 aromatic heterocycles. The van der Waals surface area contributed by atoms with Crippen molar-refractivity contribution in [1.29, 1.82) is 0 Å². The second-order valence-electron chi connectivity index (χ2n) is 6.04. The molecule has 128 valence electrons.